The fraction of sp³-hybridized carbons (Fsp3) is 0.0952. The molecule has 0 unspecified atom stereocenters. The Morgan fingerprint density at radius 3 is 2.12 bits per heavy atom. The average molecular weight is 335 g/mol. The smallest absolute Gasteiger partial charge is 0.132 e. The molecule has 0 aromatic heterocycles. The van der Waals surface area contributed by atoms with Crippen molar-refractivity contribution in [2.24, 2.45) is 4.99 Å². The van der Waals surface area contributed by atoms with Crippen LogP contribution >= 0.6 is 11.6 Å². The first-order valence-electron chi connectivity index (χ1n) is 7.98. The number of hydrogen-bond donors (Lipinski definition) is 1. The molecule has 3 aromatic carbocycles. The van der Waals surface area contributed by atoms with Gasteiger partial charge in [-0.15, -0.1) is 0 Å². The molecule has 0 saturated heterocycles. The molecular weight excluding hydrogens is 316 g/mol. The lowest BCUT2D eigenvalue weighted by Crippen LogP contribution is -2.15. The van der Waals surface area contributed by atoms with Crippen LogP contribution in [0.5, 0.6) is 0 Å². The van der Waals surface area contributed by atoms with Gasteiger partial charge in [-0.3, -0.25) is 4.99 Å². The maximum atomic E-state index is 6.27. The van der Waals surface area contributed by atoms with Crippen LogP contribution < -0.4 is 5.32 Å². The van der Waals surface area contributed by atoms with Crippen LogP contribution in [0.3, 0.4) is 0 Å². The van der Waals surface area contributed by atoms with E-state index in [9.17, 15) is 0 Å². The zero-order valence-corrected chi connectivity index (χ0v) is 14.1. The van der Waals surface area contributed by atoms with Crippen LogP contribution in [0.25, 0.3) is 0 Å². The minimum absolute atomic E-state index is 0.684. The van der Waals surface area contributed by atoms with Crippen molar-refractivity contribution in [3.8, 4) is 0 Å². The maximum absolute atomic E-state index is 6.27. The van der Waals surface area contributed by atoms with Crippen LogP contribution in [-0.4, -0.2) is 12.4 Å². The number of rotatable bonds is 5. The Hall–Kier alpha value is -2.58. The van der Waals surface area contributed by atoms with Gasteiger partial charge in [-0.2, -0.15) is 0 Å². The molecule has 24 heavy (non-hydrogen) atoms. The maximum Gasteiger partial charge on any atom is 0.132 e. The molecule has 0 fully saturated rings. The molecule has 120 valence electrons. The first-order chi connectivity index (χ1) is 11.8. The lowest BCUT2D eigenvalue weighted by Gasteiger charge is -2.12. The van der Waals surface area contributed by atoms with E-state index < -0.39 is 0 Å². The molecule has 0 amide bonds. The average Bonchev–Trinajstić information content (AvgIpc) is 2.64. The summed E-state index contributed by atoms with van der Waals surface area (Å²) in [5, 5.41) is 4.05. The Bertz CT molecular complexity index is 798. The van der Waals surface area contributed by atoms with Gasteiger partial charge in [0.1, 0.15) is 5.84 Å². The summed E-state index contributed by atoms with van der Waals surface area (Å²) in [6, 6.07) is 28.2. The highest BCUT2D eigenvalue weighted by molar-refractivity contribution is 6.34. The Morgan fingerprint density at radius 1 is 0.792 bits per heavy atom. The van der Waals surface area contributed by atoms with Gasteiger partial charge in [0.05, 0.1) is 10.7 Å². The number of halogens is 1. The van der Waals surface area contributed by atoms with Crippen LogP contribution in [0.4, 0.5) is 5.69 Å². The van der Waals surface area contributed by atoms with Crippen molar-refractivity contribution in [3.63, 3.8) is 0 Å². The van der Waals surface area contributed by atoms with Crippen LogP contribution in [0.15, 0.2) is 89.9 Å². The van der Waals surface area contributed by atoms with Crippen LogP contribution in [0.1, 0.15) is 11.1 Å². The van der Waals surface area contributed by atoms with Crippen molar-refractivity contribution in [2.75, 3.05) is 11.9 Å². The van der Waals surface area contributed by atoms with E-state index in [0.717, 1.165) is 23.5 Å². The van der Waals surface area contributed by atoms with Gasteiger partial charge in [-0.1, -0.05) is 84.4 Å². The van der Waals surface area contributed by atoms with E-state index in [1.165, 1.54) is 5.56 Å². The number of hydrogen-bond acceptors (Lipinski definition) is 1. The molecule has 2 nitrogen and oxygen atoms in total. The molecule has 3 heteroatoms. The largest absolute Gasteiger partial charge is 0.339 e. The predicted molar refractivity (Wildman–Crippen MR) is 103 cm³/mol. The molecule has 0 aliphatic rings. The third-order valence-electron chi connectivity index (χ3n) is 3.69. The van der Waals surface area contributed by atoms with Crippen molar-refractivity contribution in [1.29, 1.82) is 0 Å². The number of aliphatic imine (C=N–C) groups is 1. The monoisotopic (exact) mass is 334 g/mol. The Balaban J connectivity index is 1.80. The number of nitrogens with one attached hydrogen (secondary N) is 1. The highest BCUT2D eigenvalue weighted by atomic mass is 35.5. The van der Waals surface area contributed by atoms with Gasteiger partial charge >= 0.3 is 0 Å². The summed E-state index contributed by atoms with van der Waals surface area (Å²) in [7, 11) is 0. The van der Waals surface area contributed by atoms with Gasteiger partial charge in [-0.05, 0) is 24.1 Å². The summed E-state index contributed by atoms with van der Waals surface area (Å²) < 4.78 is 0. The van der Waals surface area contributed by atoms with Gasteiger partial charge in [0.25, 0.3) is 0 Å². The fourth-order valence-corrected chi connectivity index (χ4v) is 2.61. The minimum Gasteiger partial charge on any atom is -0.339 e. The number of anilines is 1. The fourth-order valence-electron chi connectivity index (χ4n) is 2.43. The Kier molecular flexibility index (Phi) is 5.65. The molecule has 0 spiro atoms. The Labute approximate surface area is 147 Å². The summed E-state index contributed by atoms with van der Waals surface area (Å²) in [4.78, 5) is 4.77. The first kappa shape index (κ1) is 16.3. The molecule has 0 heterocycles. The molecule has 0 saturated carbocycles. The second-order valence-electron chi connectivity index (χ2n) is 5.44. The quantitative estimate of drug-likeness (QED) is 0.487. The molecule has 3 aromatic rings. The van der Waals surface area contributed by atoms with Crippen LogP contribution in [0, 0.1) is 0 Å². The second kappa shape index (κ2) is 8.32. The van der Waals surface area contributed by atoms with Crippen LogP contribution in [-0.2, 0) is 6.42 Å². The minimum atomic E-state index is 0.684. The summed E-state index contributed by atoms with van der Waals surface area (Å²) in [5.74, 6) is 0.833. The van der Waals surface area contributed by atoms with E-state index in [1.54, 1.807) is 0 Å². The normalized spacial score (nSPS) is 11.3. The van der Waals surface area contributed by atoms with E-state index in [0.29, 0.717) is 11.6 Å². The number of amidine groups is 1. The van der Waals surface area contributed by atoms with E-state index in [2.05, 4.69) is 29.6 Å². The number of benzene rings is 3. The second-order valence-corrected chi connectivity index (χ2v) is 5.84. The lowest BCUT2D eigenvalue weighted by atomic mass is 10.1. The predicted octanol–water partition coefficient (Wildman–Crippen LogP) is 5.44. The van der Waals surface area contributed by atoms with E-state index in [4.69, 9.17) is 16.6 Å². The van der Waals surface area contributed by atoms with Gasteiger partial charge in [-0.25, -0.2) is 0 Å². The molecule has 0 bridgehead atoms. The molecule has 0 radical (unpaired) electrons. The van der Waals surface area contributed by atoms with Crippen molar-refractivity contribution < 1.29 is 0 Å². The van der Waals surface area contributed by atoms with Crippen molar-refractivity contribution in [1.82, 2.24) is 0 Å². The number of nitrogens with zero attached hydrogens (tertiary/aromatic N) is 1. The van der Waals surface area contributed by atoms with Gasteiger partial charge in [0.15, 0.2) is 0 Å². The Morgan fingerprint density at radius 2 is 1.42 bits per heavy atom. The molecule has 0 atom stereocenters. The summed E-state index contributed by atoms with van der Waals surface area (Å²) in [6.07, 6.45) is 0.904. The standard InChI is InChI=1S/C21H19ClN2/c22-19-13-7-8-14-20(19)24-21(18-11-5-2-6-12-18)23-16-15-17-9-3-1-4-10-17/h1-14H,15-16H2,(H,23,24). The molecule has 3 rings (SSSR count). The SMILES string of the molecule is Clc1ccccc1NC(=NCCc1ccccc1)c1ccccc1. The lowest BCUT2D eigenvalue weighted by molar-refractivity contribution is 0.968. The zero-order valence-electron chi connectivity index (χ0n) is 13.3. The third-order valence-corrected chi connectivity index (χ3v) is 4.02. The summed E-state index contributed by atoms with van der Waals surface area (Å²) >= 11 is 6.27. The molecule has 0 aliphatic heterocycles. The van der Waals surface area contributed by atoms with Crippen molar-refractivity contribution in [3.05, 3.63) is 101 Å². The van der Waals surface area contributed by atoms with Gasteiger partial charge < -0.3 is 5.32 Å². The third kappa shape index (κ3) is 4.46. The van der Waals surface area contributed by atoms with Gasteiger partial charge in [0.2, 0.25) is 0 Å². The molecule has 1 N–H and O–H groups in total. The van der Waals surface area contributed by atoms with Crippen molar-refractivity contribution >= 4 is 23.1 Å². The zero-order chi connectivity index (χ0) is 16.6. The molecule has 0 aliphatic carbocycles. The number of para-hydroxylation sites is 1. The summed E-state index contributed by atoms with van der Waals surface area (Å²) in [5.41, 5.74) is 3.19. The van der Waals surface area contributed by atoms with Crippen LogP contribution in [0.2, 0.25) is 5.02 Å². The van der Waals surface area contributed by atoms with Gasteiger partial charge in [0, 0.05) is 12.1 Å². The van der Waals surface area contributed by atoms with E-state index >= 15 is 0 Å². The molecular formula is C21H19ClN2. The highest BCUT2D eigenvalue weighted by Gasteiger charge is 2.06. The van der Waals surface area contributed by atoms with Crippen molar-refractivity contribution in [2.45, 2.75) is 6.42 Å². The van der Waals surface area contributed by atoms with E-state index in [1.807, 2.05) is 60.7 Å². The summed E-state index contributed by atoms with van der Waals surface area (Å²) in [6.45, 7) is 0.714. The topological polar surface area (TPSA) is 24.4 Å². The van der Waals surface area contributed by atoms with E-state index in [-0.39, 0.29) is 0 Å². The highest BCUT2D eigenvalue weighted by Crippen LogP contribution is 2.21. The first-order valence-corrected chi connectivity index (χ1v) is 8.36.